The molecule has 2 amide bonds. The molecule has 0 radical (unpaired) electrons. The molecule has 4 nitrogen and oxygen atoms in total. The molecule has 14 heavy (non-hydrogen) atoms. The van der Waals surface area contributed by atoms with Crippen LogP contribution in [-0.4, -0.2) is 25.3 Å². The molecule has 0 aromatic heterocycles. The standard InChI is InChI=1S/C9H11ClN2O2/c1-12(14-2)9(13)11-8-5-3-4-7(10)6-8/h3-6H,1-2H3,(H,11,13). The molecule has 0 saturated carbocycles. The van der Waals surface area contributed by atoms with Crippen LogP contribution in [0.5, 0.6) is 0 Å². The molecule has 0 spiro atoms. The van der Waals surface area contributed by atoms with Gasteiger partial charge in [0.2, 0.25) is 0 Å². The zero-order chi connectivity index (χ0) is 10.6. The Bertz CT molecular complexity index is 330. The number of hydrogen-bond acceptors (Lipinski definition) is 2. The van der Waals surface area contributed by atoms with Gasteiger partial charge in [0.15, 0.2) is 0 Å². The predicted molar refractivity (Wildman–Crippen MR) is 55.2 cm³/mol. The average Bonchev–Trinajstić information content (AvgIpc) is 2.16. The maximum Gasteiger partial charge on any atom is 0.345 e. The van der Waals surface area contributed by atoms with Crippen LogP contribution in [0.3, 0.4) is 0 Å². The van der Waals surface area contributed by atoms with Crippen molar-refractivity contribution in [1.82, 2.24) is 5.06 Å². The van der Waals surface area contributed by atoms with Crippen molar-refractivity contribution in [2.24, 2.45) is 0 Å². The Hall–Kier alpha value is -1.26. The molecule has 1 aromatic carbocycles. The Labute approximate surface area is 87.4 Å². The Kier molecular flexibility index (Phi) is 3.73. The summed E-state index contributed by atoms with van der Waals surface area (Å²) in [6.45, 7) is 0. The Morgan fingerprint density at radius 3 is 2.86 bits per heavy atom. The van der Waals surface area contributed by atoms with Gasteiger partial charge in [-0.3, -0.25) is 4.84 Å². The van der Waals surface area contributed by atoms with Gasteiger partial charge < -0.3 is 5.32 Å². The van der Waals surface area contributed by atoms with E-state index < -0.39 is 0 Å². The van der Waals surface area contributed by atoms with Gasteiger partial charge in [-0.25, -0.2) is 9.86 Å². The number of hydroxylamine groups is 2. The van der Waals surface area contributed by atoms with Crippen LogP contribution in [-0.2, 0) is 4.84 Å². The van der Waals surface area contributed by atoms with E-state index in [9.17, 15) is 4.79 Å². The first-order valence-electron chi connectivity index (χ1n) is 3.98. The fourth-order valence-electron chi connectivity index (χ4n) is 0.851. The van der Waals surface area contributed by atoms with Crippen LogP contribution in [0.25, 0.3) is 0 Å². The summed E-state index contributed by atoms with van der Waals surface area (Å²) in [6.07, 6.45) is 0. The third-order valence-corrected chi connectivity index (χ3v) is 1.87. The highest BCUT2D eigenvalue weighted by Gasteiger charge is 2.06. The van der Waals surface area contributed by atoms with Crippen molar-refractivity contribution in [3.63, 3.8) is 0 Å². The molecular formula is C9H11ClN2O2. The summed E-state index contributed by atoms with van der Waals surface area (Å²) in [5, 5.41) is 4.27. The van der Waals surface area contributed by atoms with Gasteiger partial charge in [-0.05, 0) is 18.2 Å². The van der Waals surface area contributed by atoms with Crippen molar-refractivity contribution in [1.29, 1.82) is 0 Å². The van der Waals surface area contributed by atoms with Crippen LogP contribution in [0.15, 0.2) is 24.3 Å². The number of hydrogen-bond donors (Lipinski definition) is 1. The van der Waals surface area contributed by atoms with Gasteiger partial charge in [0, 0.05) is 17.8 Å². The third kappa shape index (κ3) is 2.90. The van der Waals surface area contributed by atoms with Crippen molar-refractivity contribution in [3.8, 4) is 0 Å². The quantitative estimate of drug-likeness (QED) is 0.768. The number of carbonyl (C=O) groups is 1. The van der Waals surface area contributed by atoms with Gasteiger partial charge in [0.1, 0.15) is 0 Å². The van der Waals surface area contributed by atoms with E-state index in [0.717, 1.165) is 5.06 Å². The second kappa shape index (κ2) is 4.83. The van der Waals surface area contributed by atoms with Crippen LogP contribution in [0.1, 0.15) is 0 Å². The smallest absolute Gasteiger partial charge is 0.306 e. The molecule has 0 heterocycles. The fourth-order valence-corrected chi connectivity index (χ4v) is 1.04. The van der Waals surface area contributed by atoms with E-state index in [1.54, 1.807) is 24.3 Å². The predicted octanol–water partition coefficient (Wildman–Crippen LogP) is 2.37. The van der Waals surface area contributed by atoms with E-state index in [2.05, 4.69) is 5.32 Å². The zero-order valence-corrected chi connectivity index (χ0v) is 8.71. The van der Waals surface area contributed by atoms with Gasteiger partial charge in [0.25, 0.3) is 0 Å². The van der Waals surface area contributed by atoms with E-state index in [4.69, 9.17) is 16.4 Å². The molecular weight excluding hydrogens is 204 g/mol. The molecule has 1 aromatic rings. The molecule has 1 N–H and O–H groups in total. The summed E-state index contributed by atoms with van der Waals surface area (Å²) in [4.78, 5) is 16.0. The van der Waals surface area contributed by atoms with E-state index in [1.807, 2.05) is 0 Å². The van der Waals surface area contributed by atoms with Crippen molar-refractivity contribution in [3.05, 3.63) is 29.3 Å². The van der Waals surface area contributed by atoms with Crippen LogP contribution >= 0.6 is 11.6 Å². The number of urea groups is 1. The second-order valence-corrected chi connectivity index (χ2v) is 3.06. The molecule has 0 aliphatic rings. The van der Waals surface area contributed by atoms with Gasteiger partial charge in [-0.1, -0.05) is 17.7 Å². The van der Waals surface area contributed by atoms with Crippen LogP contribution in [0.4, 0.5) is 10.5 Å². The van der Waals surface area contributed by atoms with Crippen LogP contribution in [0, 0.1) is 0 Å². The molecule has 0 unspecified atom stereocenters. The summed E-state index contributed by atoms with van der Waals surface area (Å²) in [5.41, 5.74) is 0.631. The van der Waals surface area contributed by atoms with Crippen LogP contribution < -0.4 is 5.32 Å². The Morgan fingerprint density at radius 1 is 1.57 bits per heavy atom. The number of nitrogens with zero attached hydrogens (tertiary/aromatic N) is 1. The molecule has 5 heteroatoms. The molecule has 0 bridgehead atoms. The molecule has 0 saturated heterocycles. The highest BCUT2D eigenvalue weighted by atomic mass is 35.5. The monoisotopic (exact) mass is 214 g/mol. The zero-order valence-electron chi connectivity index (χ0n) is 7.95. The second-order valence-electron chi connectivity index (χ2n) is 2.62. The number of nitrogens with one attached hydrogen (secondary N) is 1. The maximum atomic E-state index is 11.3. The summed E-state index contributed by atoms with van der Waals surface area (Å²) in [7, 11) is 2.93. The van der Waals surface area contributed by atoms with Gasteiger partial charge in [0.05, 0.1) is 7.11 Å². The number of rotatable bonds is 2. The minimum atomic E-state index is -0.352. The molecule has 0 aliphatic carbocycles. The van der Waals surface area contributed by atoms with Crippen molar-refractivity contribution in [2.45, 2.75) is 0 Å². The third-order valence-electron chi connectivity index (χ3n) is 1.64. The number of amides is 2. The number of anilines is 1. The van der Waals surface area contributed by atoms with E-state index in [0.29, 0.717) is 10.7 Å². The highest BCUT2D eigenvalue weighted by molar-refractivity contribution is 6.30. The summed E-state index contributed by atoms with van der Waals surface area (Å²) >= 11 is 5.75. The minimum Gasteiger partial charge on any atom is -0.306 e. The summed E-state index contributed by atoms with van der Waals surface area (Å²) < 4.78 is 0. The van der Waals surface area contributed by atoms with Gasteiger partial charge in [-0.15, -0.1) is 0 Å². The first-order valence-corrected chi connectivity index (χ1v) is 4.35. The van der Waals surface area contributed by atoms with Gasteiger partial charge >= 0.3 is 6.03 Å². The first kappa shape index (κ1) is 10.8. The number of halogens is 1. The lowest BCUT2D eigenvalue weighted by Gasteiger charge is -2.14. The average molecular weight is 215 g/mol. The van der Waals surface area contributed by atoms with Gasteiger partial charge in [-0.2, -0.15) is 0 Å². The minimum absolute atomic E-state index is 0.352. The largest absolute Gasteiger partial charge is 0.345 e. The molecule has 0 atom stereocenters. The van der Waals surface area contributed by atoms with Crippen LogP contribution in [0.2, 0.25) is 5.02 Å². The lowest BCUT2D eigenvalue weighted by Crippen LogP contribution is -2.30. The number of carbonyl (C=O) groups excluding carboxylic acids is 1. The van der Waals surface area contributed by atoms with E-state index in [-0.39, 0.29) is 6.03 Å². The SMILES string of the molecule is CON(C)C(=O)Nc1cccc(Cl)c1. The molecule has 0 aliphatic heterocycles. The maximum absolute atomic E-state index is 11.3. The van der Waals surface area contributed by atoms with E-state index >= 15 is 0 Å². The lowest BCUT2D eigenvalue weighted by atomic mass is 10.3. The topological polar surface area (TPSA) is 41.6 Å². The lowest BCUT2D eigenvalue weighted by molar-refractivity contribution is -0.0598. The normalized spacial score (nSPS) is 9.64. The summed E-state index contributed by atoms with van der Waals surface area (Å²) in [5.74, 6) is 0. The molecule has 1 rings (SSSR count). The molecule has 0 fully saturated rings. The Balaban J connectivity index is 2.65. The van der Waals surface area contributed by atoms with Crippen molar-refractivity contribution < 1.29 is 9.63 Å². The first-order chi connectivity index (χ1) is 6.63. The highest BCUT2D eigenvalue weighted by Crippen LogP contribution is 2.14. The Morgan fingerprint density at radius 2 is 2.29 bits per heavy atom. The number of benzene rings is 1. The summed E-state index contributed by atoms with van der Waals surface area (Å²) in [6, 6.07) is 6.54. The molecule has 76 valence electrons. The van der Waals surface area contributed by atoms with E-state index in [1.165, 1.54) is 14.2 Å². The van der Waals surface area contributed by atoms with Crippen molar-refractivity contribution >= 4 is 23.3 Å². The fraction of sp³-hybridized carbons (Fsp3) is 0.222. The van der Waals surface area contributed by atoms with Crippen molar-refractivity contribution in [2.75, 3.05) is 19.5 Å².